The number of benzene rings is 1. The molecule has 0 radical (unpaired) electrons. The third-order valence-corrected chi connectivity index (χ3v) is 3.84. The number of ether oxygens (including phenoxy) is 1. The van der Waals surface area contributed by atoms with Gasteiger partial charge in [-0.15, -0.1) is 0 Å². The van der Waals surface area contributed by atoms with Gasteiger partial charge in [-0.1, -0.05) is 0 Å². The van der Waals surface area contributed by atoms with Gasteiger partial charge in [0.15, 0.2) is 0 Å². The zero-order valence-corrected chi connectivity index (χ0v) is 11.8. The SMILES string of the molecule is COc1cc(N)ccc1C(=O)NCC1CCC(O)CC1. The Kier molecular flexibility index (Phi) is 4.84. The molecular weight excluding hydrogens is 256 g/mol. The molecule has 5 nitrogen and oxygen atoms in total. The predicted molar refractivity (Wildman–Crippen MR) is 77.7 cm³/mol. The summed E-state index contributed by atoms with van der Waals surface area (Å²) < 4.78 is 5.18. The summed E-state index contributed by atoms with van der Waals surface area (Å²) in [5.41, 5.74) is 6.74. The first-order valence-electron chi connectivity index (χ1n) is 7.00. The van der Waals surface area contributed by atoms with Crippen LogP contribution in [0.15, 0.2) is 18.2 Å². The van der Waals surface area contributed by atoms with E-state index in [1.807, 2.05) is 0 Å². The Morgan fingerprint density at radius 2 is 2.10 bits per heavy atom. The van der Waals surface area contributed by atoms with Crippen molar-refractivity contribution in [2.24, 2.45) is 5.92 Å². The Labute approximate surface area is 119 Å². The number of aliphatic hydroxyl groups excluding tert-OH is 1. The van der Waals surface area contributed by atoms with Crippen LogP contribution in [-0.2, 0) is 0 Å². The molecule has 2 rings (SSSR count). The number of aliphatic hydroxyl groups is 1. The number of hydrogen-bond donors (Lipinski definition) is 3. The molecule has 1 aliphatic carbocycles. The van der Waals surface area contributed by atoms with Gasteiger partial charge in [0, 0.05) is 18.3 Å². The fourth-order valence-electron chi connectivity index (χ4n) is 2.58. The van der Waals surface area contributed by atoms with Crippen molar-refractivity contribution in [3.05, 3.63) is 23.8 Å². The van der Waals surface area contributed by atoms with E-state index in [1.165, 1.54) is 7.11 Å². The largest absolute Gasteiger partial charge is 0.496 e. The van der Waals surface area contributed by atoms with Crippen molar-refractivity contribution < 1.29 is 14.6 Å². The van der Waals surface area contributed by atoms with Gasteiger partial charge in [-0.25, -0.2) is 0 Å². The lowest BCUT2D eigenvalue weighted by molar-refractivity contribution is 0.0908. The highest BCUT2D eigenvalue weighted by Crippen LogP contribution is 2.24. The molecule has 1 amide bonds. The molecule has 1 aromatic rings. The van der Waals surface area contributed by atoms with E-state index >= 15 is 0 Å². The number of carbonyl (C=O) groups excluding carboxylic acids is 1. The molecule has 20 heavy (non-hydrogen) atoms. The van der Waals surface area contributed by atoms with E-state index in [9.17, 15) is 9.90 Å². The van der Waals surface area contributed by atoms with E-state index in [-0.39, 0.29) is 12.0 Å². The van der Waals surface area contributed by atoms with Crippen LogP contribution in [0.25, 0.3) is 0 Å². The molecule has 1 fully saturated rings. The van der Waals surface area contributed by atoms with Gasteiger partial charge in [0.25, 0.3) is 5.91 Å². The number of hydrogen-bond acceptors (Lipinski definition) is 4. The molecule has 4 N–H and O–H groups in total. The monoisotopic (exact) mass is 278 g/mol. The van der Waals surface area contributed by atoms with E-state index in [0.29, 0.717) is 29.5 Å². The molecule has 0 heterocycles. The van der Waals surface area contributed by atoms with Crippen LogP contribution in [0.3, 0.4) is 0 Å². The Morgan fingerprint density at radius 1 is 1.40 bits per heavy atom. The molecule has 5 heteroatoms. The normalized spacial score (nSPS) is 22.3. The van der Waals surface area contributed by atoms with Crippen molar-refractivity contribution in [1.82, 2.24) is 5.32 Å². The third kappa shape index (κ3) is 3.63. The number of amides is 1. The summed E-state index contributed by atoms with van der Waals surface area (Å²) in [6, 6.07) is 5.01. The summed E-state index contributed by atoms with van der Waals surface area (Å²) in [6.07, 6.45) is 3.40. The second-order valence-corrected chi connectivity index (χ2v) is 5.34. The number of anilines is 1. The van der Waals surface area contributed by atoms with Gasteiger partial charge in [-0.2, -0.15) is 0 Å². The van der Waals surface area contributed by atoms with Crippen molar-refractivity contribution in [3.63, 3.8) is 0 Å². The minimum atomic E-state index is -0.167. The van der Waals surface area contributed by atoms with Gasteiger partial charge < -0.3 is 20.9 Å². The summed E-state index contributed by atoms with van der Waals surface area (Å²) in [5, 5.41) is 12.4. The van der Waals surface area contributed by atoms with Crippen molar-refractivity contribution in [2.75, 3.05) is 19.4 Å². The van der Waals surface area contributed by atoms with Gasteiger partial charge in [-0.05, 0) is 43.7 Å². The van der Waals surface area contributed by atoms with E-state index in [0.717, 1.165) is 25.7 Å². The number of rotatable bonds is 4. The zero-order valence-electron chi connectivity index (χ0n) is 11.8. The number of nitrogens with two attached hydrogens (primary N) is 1. The van der Waals surface area contributed by atoms with Crippen LogP contribution >= 0.6 is 0 Å². The van der Waals surface area contributed by atoms with Crippen LogP contribution in [0.4, 0.5) is 5.69 Å². The molecule has 110 valence electrons. The molecule has 0 aliphatic heterocycles. The predicted octanol–water partition coefficient (Wildman–Crippen LogP) is 1.56. The first-order chi connectivity index (χ1) is 9.60. The minimum absolute atomic E-state index is 0.145. The number of methoxy groups -OCH3 is 1. The van der Waals surface area contributed by atoms with Crippen LogP contribution in [0.5, 0.6) is 5.75 Å². The average Bonchev–Trinajstić information content (AvgIpc) is 2.46. The van der Waals surface area contributed by atoms with Gasteiger partial charge in [0.05, 0.1) is 18.8 Å². The molecule has 0 bridgehead atoms. The Morgan fingerprint density at radius 3 is 2.75 bits per heavy atom. The summed E-state index contributed by atoms with van der Waals surface area (Å²) in [6.45, 7) is 0.638. The van der Waals surface area contributed by atoms with Crippen LogP contribution in [-0.4, -0.2) is 30.8 Å². The summed E-state index contributed by atoms with van der Waals surface area (Å²) in [4.78, 5) is 12.2. The third-order valence-electron chi connectivity index (χ3n) is 3.84. The number of nitrogens with one attached hydrogen (secondary N) is 1. The van der Waals surface area contributed by atoms with Gasteiger partial charge >= 0.3 is 0 Å². The smallest absolute Gasteiger partial charge is 0.255 e. The van der Waals surface area contributed by atoms with Gasteiger partial charge in [0.1, 0.15) is 5.75 Å². The fourth-order valence-corrected chi connectivity index (χ4v) is 2.58. The topological polar surface area (TPSA) is 84.6 Å². The van der Waals surface area contributed by atoms with Crippen LogP contribution in [0.2, 0.25) is 0 Å². The highest BCUT2D eigenvalue weighted by molar-refractivity contribution is 5.97. The van der Waals surface area contributed by atoms with Crippen molar-refractivity contribution in [3.8, 4) is 5.75 Å². The summed E-state index contributed by atoms with van der Waals surface area (Å²) in [7, 11) is 1.52. The second-order valence-electron chi connectivity index (χ2n) is 5.34. The Hall–Kier alpha value is -1.75. The lowest BCUT2D eigenvalue weighted by Crippen LogP contribution is -2.32. The van der Waals surface area contributed by atoms with Crippen LogP contribution < -0.4 is 15.8 Å². The molecular formula is C15H22N2O3. The number of carbonyl (C=O) groups is 1. The van der Waals surface area contributed by atoms with Gasteiger partial charge in [-0.3, -0.25) is 4.79 Å². The lowest BCUT2D eigenvalue weighted by Gasteiger charge is -2.25. The minimum Gasteiger partial charge on any atom is -0.496 e. The Bertz CT molecular complexity index is 468. The van der Waals surface area contributed by atoms with Crippen LogP contribution in [0, 0.1) is 5.92 Å². The zero-order chi connectivity index (χ0) is 14.5. The average molecular weight is 278 g/mol. The van der Waals surface area contributed by atoms with Crippen molar-refractivity contribution >= 4 is 11.6 Å². The first-order valence-corrected chi connectivity index (χ1v) is 7.00. The molecule has 1 saturated carbocycles. The summed E-state index contributed by atoms with van der Waals surface area (Å²) >= 11 is 0. The molecule has 1 aliphatic rings. The molecule has 0 atom stereocenters. The van der Waals surface area contributed by atoms with E-state index in [1.54, 1.807) is 18.2 Å². The molecule has 0 aromatic heterocycles. The highest BCUT2D eigenvalue weighted by atomic mass is 16.5. The maximum atomic E-state index is 12.2. The number of nitrogen functional groups attached to an aromatic ring is 1. The second kappa shape index (κ2) is 6.61. The molecule has 0 saturated heterocycles. The van der Waals surface area contributed by atoms with Crippen molar-refractivity contribution in [2.45, 2.75) is 31.8 Å². The highest BCUT2D eigenvalue weighted by Gasteiger charge is 2.20. The van der Waals surface area contributed by atoms with E-state index in [2.05, 4.69) is 5.32 Å². The quantitative estimate of drug-likeness (QED) is 0.730. The standard InChI is InChI=1S/C15H22N2O3/c1-20-14-8-11(16)4-7-13(14)15(19)17-9-10-2-5-12(18)6-3-10/h4,7-8,10,12,18H,2-3,5-6,9,16H2,1H3,(H,17,19). The molecule has 1 aromatic carbocycles. The van der Waals surface area contributed by atoms with Gasteiger partial charge in [0.2, 0.25) is 0 Å². The first kappa shape index (κ1) is 14.7. The van der Waals surface area contributed by atoms with Crippen molar-refractivity contribution in [1.29, 1.82) is 0 Å². The van der Waals surface area contributed by atoms with Crippen LogP contribution in [0.1, 0.15) is 36.0 Å². The fraction of sp³-hybridized carbons (Fsp3) is 0.533. The molecule has 0 spiro atoms. The van der Waals surface area contributed by atoms with E-state index < -0.39 is 0 Å². The lowest BCUT2D eigenvalue weighted by atomic mass is 9.87. The Balaban J connectivity index is 1.92. The summed E-state index contributed by atoms with van der Waals surface area (Å²) in [5.74, 6) is 0.789. The maximum Gasteiger partial charge on any atom is 0.255 e. The molecule has 0 unspecified atom stereocenters. The van der Waals surface area contributed by atoms with E-state index in [4.69, 9.17) is 10.5 Å². The maximum absolute atomic E-state index is 12.2.